The monoisotopic (exact) mass is 208 g/mol. The minimum absolute atomic E-state index is 0.363. The first kappa shape index (κ1) is 10.7. The molecule has 3 nitrogen and oxygen atoms in total. The van der Waals surface area contributed by atoms with Gasteiger partial charge in [-0.1, -0.05) is 0 Å². The molecule has 0 spiro atoms. The van der Waals surface area contributed by atoms with E-state index in [0.29, 0.717) is 12.1 Å². The van der Waals surface area contributed by atoms with E-state index in [2.05, 4.69) is 24.2 Å². The van der Waals surface area contributed by atoms with Crippen LogP contribution in [0.4, 0.5) is 0 Å². The van der Waals surface area contributed by atoms with Crippen molar-refractivity contribution in [3.63, 3.8) is 0 Å². The predicted molar refractivity (Wildman–Crippen MR) is 60.8 cm³/mol. The Bertz CT molecular complexity index is 278. The first-order chi connectivity index (χ1) is 7.27. The average Bonchev–Trinajstić information content (AvgIpc) is 2.88. The van der Waals surface area contributed by atoms with Crippen molar-refractivity contribution < 1.29 is 4.42 Å². The lowest BCUT2D eigenvalue weighted by Crippen LogP contribution is -2.36. The lowest BCUT2D eigenvalue weighted by atomic mass is 10.1. The fourth-order valence-corrected chi connectivity index (χ4v) is 2.16. The van der Waals surface area contributed by atoms with E-state index in [-0.39, 0.29) is 0 Å². The normalized spacial score (nSPS) is 23.5. The number of rotatable bonds is 4. The zero-order valence-electron chi connectivity index (χ0n) is 9.57. The van der Waals surface area contributed by atoms with Crippen LogP contribution in [0, 0.1) is 0 Å². The van der Waals surface area contributed by atoms with Crippen molar-refractivity contribution in [2.75, 3.05) is 20.1 Å². The molecule has 2 unspecified atom stereocenters. The van der Waals surface area contributed by atoms with Gasteiger partial charge in [-0.15, -0.1) is 0 Å². The van der Waals surface area contributed by atoms with Gasteiger partial charge < -0.3 is 9.73 Å². The number of hydrogen-bond donors (Lipinski definition) is 1. The summed E-state index contributed by atoms with van der Waals surface area (Å²) in [5.41, 5.74) is 0. The molecule has 0 aromatic carbocycles. The second kappa shape index (κ2) is 4.81. The lowest BCUT2D eigenvalue weighted by Gasteiger charge is -2.26. The fourth-order valence-electron chi connectivity index (χ4n) is 2.16. The summed E-state index contributed by atoms with van der Waals surface area (Å²) in [5.74, 6) is 1.05. The molecular weight excluding hydrogens is 188 g/mol. The Morgan fingerprint density at radius 1 is 1.67 bits per heavy atom. The molecule has 1 fully saturated rings. The molecule has 1 saturated heterocycles. The standard InChI is InChI=1S/C12H20N2O/c1-10(12-6-4-8-15-12)14(2)9-11-5-3-7-13-11/h4,6,8,10-11,13H,3,5,7,9H2,1-2H3. The highest BCUT2D eigenvalue weighted by Gasteiger charge is 2.20. The van der Waals surface area contributed by atoms with Gasteiger partial charge in [-0.05, 0) is 45.5 Å². The Kier molecular flexibility index (Phi) is 3.44. The van der Waals surface area contributed by atoms with Crippen LogP contribution in [0.25, 0.3) is 0 Å². The van der Waals surface area contributed by atoms with E-state index in [1.807, 2.05) is 12.1 Å². The van der Waals surface area contributed by atoms with Gasteiger partial charge >= 0.3 is 0 Å². The molecule has 0 aliphatic carbocycles. The third-order valence-corrected chi connectivity index (χ3v) is 3.29. The van der Waals surface area contributed by atoms with Crippen LogP contribution < -0.4 is 5.32 Å². The first-order valence-corrected chi connectivity index (χ1v) is 5.74. The van der Waals surface area contributed by atoms with Crippen molar-refractivity contribution >= 4 is 0 Å². The summed E-state index contributed by atoms with van der Waals surface area (Å²) in [5, 5.41) is 3.52. The maximum atomic E-state index is 5.42. The molecule has 1 aliphatic heterocycles. The van der Waals surface area contributed by atoms with Crippen molar-refractivity contribution in [2.45, 2.75) is 31.8 Å². The molecule has 0 amide bonds. The Morgan fingerprint density at radius 2 is 2.53 bits per heavy atom. The number of furan rings is 1. The molecule has 3 heteroatoms. The molecule has 84 valence electrons. The van der Waals surface area contributed by atoms with Crippen LogP contribution in [0.1, 0.15) is 31.6 Å². The van der Waals surface area contributed by atoms with Crippen LogP contribution in [0.15, 0.2) is 22.8 Å². The molecule has 15 heavy (non-hydrogen) atoms. The van der Waals surface area contributed by atoms with Gasteiger partial charge in [-0.25, -0.2) is 0 Å². The van der Waals surface area contributed by atoms with Gasteiger partial charge in [-0.2, -0.15) is 0 Å². The Hall–Kier alpha value is -0.800. The fraction of sp³-hybridized carbons (Fsp3) is 0.667. The van der Waals surface area contributed by atoms with Gasteiger partial charge in [0.05, 0.1) is 12.3 Å². The van der Waals surface area contributed by atoms with E-state index < -0.39 is 0 Å². The summed E-state index contributed by atoms with van der Waals surface area (Å²) in [7, 11) is 2.16. The van der Waals surface area contributed by atoms with Gasteiger partial charge in [0, 0.05) is 12.6 Å². The second-order valence-corrected chi connectivity index (χ2v) is 4.42. The van der Waals surface area contributed by atoms with Crippen LogP contribution in [-0.4, -0.2) is 31.1 Å². The van der Waals surface area contributed by atoms with Crippen molar-refractivity contribution in [1.29, 1.82) is 0 Å². The minimum Gasteiger partial charge on any atom is -0.468 e. The maximum absolute atomic E-state index is 5.42. The zero-order valence-corrected chi connectivity index (χ0v) is 9.57. The first-order valence-electron chi connectivity index (χ1n) is 5.74. The molecule has 2 rings (SSSR count). The summed E-state index contributed by atoms with van der Waals surface area (Å²) in [4.78, 5) is 2.35. The second-order valence-electron chi connectivity index (χ2n) is 4.42. The van der Waals surface area contributed by atoms with E-state index in [1.165, 1.54) is 19.4 Å². The number of nitrogens with zero attached hydrogens (tertiary/aromatic N) is 1. The summed E-state index contributed by atoms with van der Waals surface area (Å²) >= 11 is 0. The number of hydrogen-bond acceptors (Lipinski definition) is 3. The molecule has 0 bridgehead atoms. The largest absolute Gasteiger partial charge is 0.468 e. The van der Waals surface area contributed by atoms with Crippen molar-refractivity contribution in [3.05, 3.63) is 24.2 Å². The van der Waals surface area contributed by atoms with Crippen LogP contribution >= 0.6 is 0 Å². The van der Waals surface area contributed by atoms with Crippen LogP contribution in [0.5, 0.6) is 0 Å². The maximum Gasteiger partial charge on any atom is 0.120 e. The minimum atomic E-state index is 0.363. The SMILES string of the molecule is CC(c1ccco1)N(C)CC1CCCN1. The Labute approximate surface area is 91.4 Å². The molecule has 2 heterocycles. The molecule has 1 aliphatic rings. The summed E-state index contributed by atoms with van der Waals surface area (Å²) in [6.07, 6.45) is 4.36. The van der Waals surface area contributed by atoms with Crippen molar-refractivity contribution in [1.82, 2.24) is 10.2 Å². The Balaban J connectivity index is 1.87. The van der Waals surface area contributed by atoms with E-state index in [1.54, 1.807) is 6.26 Å². The van der Waals surface area contributed by atoms with E-state index in [0.717, 1.165) is 12.3 Å². The predicted octanol–water partition coefficient (Wildman–Crippen LogP) is 2.02. The van der Waals surface area contributed by atoms with Gasteiger partial charge in [0.25, 0.3) is 0 Å². The average molecular weight is 208 g/mol. The third-order valence-electron chi connectivity index (χ3n) is 3.29. The van der Waals surface area contributed by atoms with E-state index >= 15 is 0 Å². The topological polar surface area (TPSA) is 28.4 Å². The molecule has 2 atom stereocenters. The van der Waals surface area contributed by atoms with Gasteiger partial charge in [0.15, 0.2) is 0 Å². The highest BCUT2D eigenvalue weighted by molar-refractivity contribution is 5.03. The highest BCUT2D eigenvalue weighted by atomic mass is 16.3. The molecule has 0 radical (unpaired) electrons. The highest BCUT2D eigenvalue weighted by Crippen LogP contribution is 2.20. The van der Waals surface area contributed by atoms with Crippen LogP contribution in [0.2, 0.25) is 0 Å². The van der Waals surface area contributed by atoms with Crippen LogP contribution in [0.3, 0.4) is 0 Å². The quantitative estimate of drug-likeness (QED) is 0.820. The molecular formula is C12H20N2O. The van der Waals surface area contributed by atoms with E-state index in [9.17, 15) is 0 Å². The molecule has 1 N–H and O–H groups in total. The molecule has 1 aromatic rings. The Morgan fingerprint density at radius 3 is 3.13 bits per heavy atom. The van der Waals surface area contributed by atoms with Crippen molar-refractivity contribution in [2.24, 2.45) is 0 Å². The third kappa shape index (κ3) is 2.61. The number of nitrogens with one attached hydrogen (secondary N) is 1. The van der Waals surface area contributed by atoms with Crippen molar-refractivity contribution in [3.8, 4) is 0 Å². The molecule has 0 saturated carbocycles. The van der Waals surface area contributed by atoms with Gasteiger partial charge in [0.2, 0.25) is 0 Å². The van der Waals surface area contributed by atoms with E-state index in [4.69, 9.17) is 4.42 Å². The molecule has 1 aromatic heterocycles. The lowest BCUT2D eigenvalue weighted by molar-refractivity contribution is 0.213. The van der Waals surface area contributed by atoms with Crippen LogP contribution in [-0.2, 0) is 0 Å². The summed E-state index contributed by atoms with van der Waals surface area (Å²) in [6.45, 7) is 4.46. The van der Waals surface area contributed by atoms with Gasteiger partial charge in [-0.3, -0.25) is 4.90 Å². The smallest absolute Gasteiger partial charge is 0.120 e. The van der Waals surface area contributed by atoms with Gasteiger partial charge in [0.1, 0.15) is 5.76 Å². The summed E-state index contributed by atoms with van der Waals surface area (Å²) in [6, 6.07) is 5.02. The number of likely N-dealkylation sites (N-methyl/N-ethyl adjacent to an activating group) is 1. The zero-order chi connectivity index (χ0) is 10.7. The summed E-state index contributed by atoms with van der Waals surface area (Å²) < 4.78 is 5.42.